The fourth-order valence-corrected chi connectivity index (χ4v) is 4.40. The van der Waals surface area contributed by atoms with Crippen LogP contribution in [0.4, 0.5) is 0 Å². The molecule has 6 nitrogen and oxygen atoms in total. The van der Waals surface area contributed by atoms with E-state index < -0.39 is 6.04 Å². The first-order valence-electron chi connectivity index (χ1n) is 10.9. The predicted octanol–water partition coefficient (Wildman–Crippen LogP) is 4.52. The van der Waals surface area contributed by atoms with E-state index in [9.17, 15) is 9.59 Å². The summed E-state index contributed by atoms with van der Waals surface area (Å²) >= 11 is 0. The van der Waals surface area contributed by atoms with Crippen LogP contribution in [-0.2, 0) is 4.79 Å². The highest BCUT2D eigenvalue weighted by Gasteiger charge is 2.22. The number of amides is 1. The van der Waals surface area contributed by atoms with Gasteiger partial charge in [-0.05, 0) is 36.0 Å². The zero-order valence-electron chi connectivity index (χ0n) is 17.4. The Morgan fingerprint density at radius 1 is 1.10 bits per heavy atom. The Hall–Kier alpha value is -3.02. The summed E-state index contributed by atoms with van der Waals surface area (Å²) in [4.78, 5) is 28.2. The summed E-state index contributed by atoms with van der Waals surface area (Å²) in [6.45, 7) is 1.94. The Labute approximate surface area is 176 Å². The molecule has 2 N–H and O–H groups in total. The Kier molecular flexibility index (Phi) is 6.21. The van der Waals surface area contributed by atoms with Crippen LogP contribution in [0.5, 0.6) is 0 Å². The molecular weight excluding hydrogens is 376 g/mol. The number of H-pyrrole nitrogens is 1. The van der Waals surface area contributed by atoms with Crippen LogP contribution in [0, 0.1) is 5.92 Å². The van der Waals surface area contributed by atoms with E-state index in [4.69, 9.17) is 0 Å². The second-order valence-electron chi connectivity index (χ2n) is 8.15. The largest absolute Gasteiger partial charge is 0.347 e. The molecule has 30 heavy (non-hydrogen) atoms. The van der Waals surface area contributed by atoms with Gasteiger partial charge in [-0.25, -0.2) is 0 Å². The standard InChI is InChI=1S/C24H28N4O2/c1-2-20(25-21(29)15-16-9-4-3-5-10-16)22-24(30)26-23(28-27-22)19-14-8-12-17-11-6-7-13-18(17)19/h6-8,11-14,16,20H,2-5,9-10,15H2,1H3,(H,25,29)(H,26,28,30). The number of carbonyl (C=O) groups is 1. The van der Waals surface area contributed by atoms with Gasteiger partial charge in [0, 0.05) is 12.0 Å². The molecule has 0 aliphatic heterocycles. The minimum Gasteiger partial charge on any atom is -0.347 e. The zero-order valence-corrected chi connectivity index (χ0v) is 17.4. The van der Waals surface area contributed by atoms with Crippen LogP contribution in [0.1, 0.15) is 63.6 Å². The van der Waals surface area contributed by atoms with Crippen molar-refractivity contribution in [2.24, 2.45) is 5.92 Å². The van der Waals surface area contributed by atoms with Gasteiger partial charge in [-0.15, -0.1) is 10.2 Å². The number of rotatable bonds is 6. The van der Waals surface area contributed by atoms with Crippen molar-refractivity contribution < 1.29 is 4.79 Å². The van der Waals surface area contributed by atoms with Gasteiger partial charge >= 0.3 is 0 Å². The second kappa shape index (κ2) is 9.20. The van der Waals surface area contributed by atoms with Crippen molar-refractivity contribution >= 4 is 16.7 Å². The van der Waals surface area contributed by atoms with E-state index in [1.807, 2.05) is 49.4 Å². The van der Waals surface area contributed by atoms with Gasteiger partial charge in [0.2, 0.25) is 5.91 Å². The molecule has 2 aromatic carbocycles. The average Bonchev–Trinajstić information content (AvgIpc) is 2.78. The quantitative estimate of drug-likeness (QED) is 0.632. The summed E-state index contributed by atoms with van der Waals surface area (Å²) in [7, 11) is 0. The lowest BCUT2D eigenvalue weighted by atomic mass is 9.87. The number of benzene rings is 2. The molecule has 1 unspecified atom stereocenters. The maximum atomic E-state index is 12.8. The Morgan fingerprint density at radius 3 is 2.63 bits per heavy atom. The third-order valence-corrected chi connectivity index (χ3v) is 6.04. The fraction of sp³-hybridized carbons (Fsp3) is 0.417. The van der Waals surface area contributed by atoms with Crippen LogP contribution >= 0.6 is 0 Å². The second-order valence-corrected chi connectivity index (χ2v) is 8.15. The maximum Gasteiger partial charge on any atom is 0.275 e. The van der Waals surface area contributed by atoms with Gasteiger partial charge in [-0.3, -0.25) is 9.59 Å². The molecule has 4 rings (SSSR count). The van der Waals surface area contributed by atoms with Crippen LogP contribution in [-0.4, -0.2) is 21.1 Å². The molecule has 0 spiro atoms. The van der Waals surface area contributed by atoms with Gasteiger partial charge in [0.05, 0.1) is 6.04 Å². The van der Waals surface area contributed by atoms with Crippen molar-refractivity contribution in [1.29, 1.82) is 0 Å². The van der Waals surface area contributed by atoms with Crippen LogP contribution < -0.4 is 10.9 Å². The van der Waals surface area contributed by atoms with Crippen molar-refractivity contribution in [3.05, 3.63) is 58.5 Å². The number of hydrogen-bond acceptors (Lipinski definition) is 4. The molecular formula is C24H28N4O2. The molecule has 0 bridgehead atoms. The van der Waals surface area contributed by atoms with Crippen molar-refractivity contribution in [2.45, 2.75) is 57.9 Å². The van der Waals surface area contributed by atoms with Crippen LogP contribution in [0.15, 0.2) is 47.3 Å². The van der Waals surface area contributed by atoms with Gasteiger partial charge in [0.25, 0.3) is 5.56 Å². The third-order valence-electron chi connectivity index (χ3n) is 6.04. The minimum atomic E-state index is -0.432. The summed E-state index contributed by atoms with van der Waals surface area (Å²) in [5.41, 5.74) is 0.787. The number of nitrogens with one attached hydrogen (secondary N) is 2. The smallest absolute Gasteiger partial charge is 0.275 e. The third kappa shape index (κ3) is 4.42. The van der Waals surface area contributed by atoms with Crippen LogP contribution in [0.25, 0.3) is 22.2 Å². The van der Waals surface area contributed by atoms with Gasteiger partial charge in [0.1, 0.15) is 0 Å². The highest BCUT2D eigenvalue weighted by molar-refractivity contribution is 5.94. The Bertz CT molecular complexity index is 1080. The monoisotopic (exact) mass is 404 g/mol. The molecule has 6 heteroatoms. The number of hydrogen-bond donors (Lipinski definition) is 2. The molecule has 1 saturated carbocycles. The minimum absolute atomic E-state index is 0.00641. The lowest BCUT2D eigenvalue weighted by Gasteiger charge is -2.22. The molecule has 1 aliphatic rings. The van der Waals surface area contributed by atoms with E-state index in [2.05, 4.69) is 20.5 Å². The fourth-order valence-electron chi connectivity index (χ4n) is 4.40. The van der Waals surface area contributed by atoms with Crippen molar-refractivity contribution in [3.63, 3.8) is 0 Å². The topological polar surface area (TPSA) is 87.7 Å². The highest BCUT2D eigenvalue weighted by atomic mass is 16.2. The first-order valence-corrected chi connectivity index (χ1v) is 10.9. The summed E-state index contributed by atoms with van der Waals surface area (Å²) in [5.74, 6) is 0.881. The van der Waals surface area contributed by atoms with E-state index >= 15 is 0 Å². The number of aromatic nitrogens is 3. The molecule has 3 aromatic rings. The van der Waals surface area contributed by atoms with E-state index in [-0.39, 0.29) is 17.2 Å². The molecule has 0 radical (unpaired) electrons. The maximum absolute atomic E-state index is 12.8. The molecule has 1 fully saturated rings. The van der Waals surface area contributed by atoms with E-state index in [0.29, 0.717) is 24.6 Å². The lowest BCUT2D eigenvalue weighted by Crippen LogP contribution is -2.34. The molecule has 1 amide bonds. The molecule has 1 aromatic heterocycles. The van der Waals surface area contributed by atoms with E-state index in [1.54, 1.807) is 0 Å². The number of aromatic amines is 1. The van der Waals surface area contributed by atoms with Crippen LogP contribution in [0.3, 0.4) is 0 Å². The van der Waals surface area contributed by atoms with Crippen molar-refractivity contribution in [3.8, 4) is 11.4 Å². The van der Waals surface area contributed by atoms with Crippen LogP contribution in [0.2, 0.25) is 0 Å². The first-order chi connectivity index (χ1) is 14.7. The molecule has 1 heterocycles. The molecule has 156 valence electrons. The normalized spacial score (nSPS) is 15.8. The SMILES string of the molecule is CCC(NC(=O)CC1CCCCC1)c1nnc(-c2cccc3ccccc23)[nH]c1=O. The van der Waals surface area contributed by atoms with Crippen molar-refractivity contribution in [1.82, 2.24) is 20.5 Å². The Morgan fingerprint density at radius 2 is 1.87 bits per heavy atom. The molecule has 0 saturated heterocycles. The number of fused-ring (bicyclic) bond motifs is 1. The average molecular weight is 405 g/mol. The van der Waals surface area contributed by atoms with E-state index in [1.165, 1.54) is 19.3 Å². The van der Waals surface area contributed by atoms with Gasteiger partial charge < -0.3 is 10.3 Å². The highest BCUT2D eigenvalue weighted by Crippen LogP contribution is 2.27. The van der Waals surface area contributed by atoms with E-state index in [0.717, 1.165) is 29.2 Å². The van der Waals surface area contributed by atoms with Gasteiger partial charge in [-0.2, -0.15) is 0 Å². The number of nitrogens with zero attached hydrogens (tertiary/aromatic N) is 2. The zero-order chi connectivity index (χ0) is 20.9. The summed E-state index contributed by atoms with van der Waals surface area (Å²) < 4.78 is 0. The molecule has 1 atom stereocenters. The molecule has 1 aliphatic carbocycles. The first kappa shape index (κ1) is 20.3. The summed E-state index contributed by atoms with van der Waals surface area (Å²) in [6.07, 6.45) is 7.02. The summed E-state index contributed by atoms with van der Waals surface area (Å²) in [6, 6.07) is 13.4. The Balaban J connectivity index is 1.54. The lowest BCUT2D eigenvalue weighted by molar-refractivity contribution is -0.123. The predicted molar refractivity (Wildman–Crippen MR) is 118 cm³/mol. The number of carbonyl (C=O) groups excluding carboxylic acids is 1. The van der Waals surface area contributed by atoms with Gasteiger partial charge in [-0.1, -0.05) is 68.7 Å². The van der Waals surface area contributed by atoms with Gasteiger partial charge in [0.15, 0.2) is 11.5 Å². The van der Waals surface area contributed by atoms with Crippen molar-refractivity contribution in [2.75, 3.05) is 0 Å². The summed E-state index contributed by atoms with van der Waals surface area (Å²) in [5, 5.41) is 13.6.